The molecule has 0 atom stereocenters. The Labute approximate surface area is 272 Å². The van der Waals surface area contributed by atoms with Gasteiger partial charge in [-0.25, -0.2) is 12.9 Å². The van der Waals surface area contributed by atoms with Crippen LogP contribution in [-0.2, 0) is 4.74 Å². The highest BCUT2D eigenvalue weighted by molar-refractivity contribution is 7.97. The molecule has 0 unspecified atom stereocenters. The van der Waals surface area contributed by atoms with Crippen LogP contribution in [0.5, 0.6) is 0 Å². The number of nitrogens with zero attached hydrogens (tertiary/aromatic N) is 5. The highest BCUT2D eigenvalue weighted by atomic mass is 32.2. The lowest BCUT2D eigenvalue weighted by atomic mass is 9.80. The minimum Gasteiger partial charge on any atom is -0.381 e. The van der Waals surface area contributed by atoms with Crippen molar-refractivity contribution in [2.24, 2.45) is 17.8 Å². The lowest BCUT2D eigenvalue weighted by Gasteiger charge is -2.39. The van der Waals surface area contributed by atoms with Crippen LogP contribution in [0.2, 0.25) is 0 Å². The average molecular weight is 630 g/mol. The number of benzene rings is 1. The van der Waals surface area contributed by atoms with E-state index in [0.29, 0.717) is 0 Å². The highest BCUT2D eigenvalue weighted by Gasteiger charge is 2.29. The fraction of sp³-hybridized carbons (Fsp3) is 0.771. The molecular weight excluding hydrogens is 571 g/mol. The SMILES string of the molecule is C=C1CN(Sc2ccc(N(C)C)cc2)CCCN(CC2CCCCC2)CCCN(SN2CCC(C3CCOCC3)CC2)C1. The third-order valence-electron chi connectivity index (χ3n) is 10.1. The largest absolute Gasteiger partial charge is 0.381 e. The molecule has 242 valence electrons. The van der Waals surface area contributed by atoms with Crippen molar-refractivity contribution in [2.75, 3.05) is 91.1 Å². The van der Waals surface area contributed by atoms with Gasteiger partial charge in [0, 0.05) is 95.8 Å². The Bertz CT molecular complexity index is 942. The molecule has 0 bridgehead atoms. The molecule has 8 heteroatoms. The maximum absolute atomic E-state index is 5.64. The Morgan fingerprint density at radius 1 is 0.721 bits per heavy atom. The summed E-state index contributed by atoms with van der Waals surface area (Å²) in [7, 11) is 4.22. The zero-order valence-corrected chi connectivity index (χ0v) is 28.9. The molecule has 5 rings (SSSR count). The first-order chi connectivity index (χ1) is 21.0. The van der Waals surface area contributed by atoms with Crippen molar-refractivity contribution in [3.8, 4) is 0 Å². The van der Waals surface area contributed by atoms with Gasteiger partial charge in [-0.15, -0.1) is 0 Å². The second-order valence-corrected chi connectivity index (χ2v) is 16.1. The standard InChI is InChI=1S/C35H59N5OS2/c1-30-27-39(42-35-13-11-34(12-14-35)36(2)3)21-7-19-37(29-31-9-5-4-6-10-31)20-8-22-40(28-30)43-38-23-15-32(16-24-38)33-17-25-41-26-18-33/h11-14,31-33H,1,4-10,15-29H2,2-3H3. The Morgan fingerprint density at radius 2 is 1.35 bits per heavy atom. The molecule has 0 aromatic heterocycles. The van der Waals surface area contributed by atoms with Crippen LogP contribution in [0, 0.1) is 17.8 Å². The van der Waals surface area contributed by atoms with Crippen LogP contribution in [0.15, 0.2) is 41.3 Å². The summed E-state index contributed by atoms with van der Waals surface area (Å²) >= 11 is 3.94. The van der Waals surface area contributed by atoms with Gasteiger partial charge >= 0.3 is 0 Å². The van der Waals surface area contributed by atoms with Gasteiger partial charge in [-0.3, -0.25) is 0 Å². The number of piperidine rings is 1. The van der Waals surface area contributed by atoms with E-state index >= 15 is 0 Å². The van der Waals surface area contributed by atoms with Gasteiger partial charge in [0.25, 0.3) is 0 Å². The number of hydrogen-bond donors (Lipinski definition) is 0. The lowest BCUT2D eigenvalue weighted by molar-refractivity contribution is 0.0368. The number of hydrogen-bond acceptors (Lipinski definition) is 8. The van der Waals surface area contributed by atoms with E-state index in [4.69, 9.17) is 4.74 Å². The lowest BCUT2D eigenvalue weighted by Crippen LogP contribution is -2.39. The monoisotopic (exact) mass is 629 g/mol. The number of rotatable bonds is 8. The van der Waals surface area contributed by atoms with Gasteiger partial charge in [-0.1, -0.05) is 25.8 Å². The van der Waals surface area contributed by atoms with Gasteiger partial charge in [0.15, 0.2) is 0 Å². The van der Waals surface area contributed by atoms with Crippen molar-refractivity contribution >= 4 is 29.8 Å². The van der Waals surface area contributed by atoms with Crippen LogP contribution >= 0.6 is 24.1 Å². The highest BCUT2D eigenvalue weighted by Crippen LogP contribution is 2.35. The van der Waals surface area contributed by atoms with Gasteiger partial charge in [-0.05, 0) is 124 Å². The maximum Gasteiger partial charge on any atom is 0.0468 e. The summed E-state index contributed by atoms with van der Waals surface area (Å²) in [5.74, 6) is 2.69. The van der Waals surface area contributed by atoms with Crippen LogP contribution in [0.3, 0.4) is 0 Å². The minimum atomic E-state index is 0.889. The van der Waals surface area contributed by atoms with E-state index in [1.54, 1.807) is 0 Å². The van der Waals surface area contributed by atoms with Crippen LogP contribution < -0.4 is 4.90 Å². The Morgan fingerprint density at radius 3 is 2.02 bits per heavy atom. The average Bonchev–Trinajstić information content (AvgIpc) is 3.02. The zero-order valence-electron chi connectivity index (χ0n) is 27.3. The molecule has 1 saturated carbocycles. The van der Waals surface area contributed by atoms with Crippen molar-refractivity contribution in [3.05, 3.63) is 36.4 Å². The zero-order chi connectivity index (χ0) is 29.9. The Hall–Kier alpha value is -0.740. The van der Waals surface area contributed by atoms with E-state index < -0.39 is 0 Å². The fourth-order valence-corrected chi connectivity index (χ4v) is 9.73. The summed E-state index contributed by atoms with van der Waals surface area (Å²) in [6.45, 7) is 16.9. The molecule has 0 spiro atoms. The van der Waals surface area contributed by atoms with Crippen LogP contribution in [0.1, 0.15) is 70.6 Å². The third kappa shape index (κ3) is 11.2. The minimum absolute atomic E-state index is 0.889. The first-order valence-corrected chi connectivity index (χ1v) is 18.9. The smallest absolute Gasteiger partial charge is 0.0468 e. The molecule has 3 saturated heterocycles. The van der Waals surface area contributed by atoms with Crippen molar-refractivity contribution in [1.29, 1.82) is 0 Å². The van der Waals surface area contributed by atoms with Crippen molar-refractivity contribution in [1.82, 2.24) is 17.8 Å². The predicted octanol–water partition coefficient (Wildman–Crippen LogP) is 7.30. The molecule has 4 fully saturated rings. The summed E-state index contributed by atoms with van der Waals surface area (Å²) in [4.78, 5) is 6.32. The molecule has 1 aromatic carbocycles. The summed E-state index contributed by atoms with van der Waals surface area (Å²) in [6.07, 6.45) is 14.9. The fourth-order valence-electron chi connectivity index (χ4n) is 7.56. The maximum atomic E-state index is 5.64. The Balaban J connectivity index is 1.20. The molecule has 1 aromatic rings. The molecule has 6 nitrogen and oxygen atoms in total. The van der Waals surface area contributed by atoms with Crippen molar-refractivity contribution in [2.45, 2.75) is 75.5 Å². The predicted molar refractivity (Wildman–Crippen MR) is 187 cm³/mol. The first kappa shape index (κ1) is 33.6. The molecule has 43 heavy (non-hydrogen) atoms. The number of ether oxygens (including phenoxy) is 1. The van der Waals surface area contributed by atoms with E-state index in [0.717, 1.165) is 57.1 Å². The van der Waals surface area contributed by atoms with Gasteiger partial charge in [0.05, 0.1) is 0 Å². The molecule has 3 heterocycles. The molecule has 3 aliphatic heterocycles. The van der Waals surface area contributed by atoms with E-state index in [-0.39, 0.29) is 0 Å². The first-order valence-electron chi connectivity index (χ1n) is 17.4. The summed E-state index contributed by atoms with van der Waals surface area (Å²) < 4.78 is 13.5. The quantitative estimate of drug-likeness (QED) is 0.218. The van der Waals surface area contributed by atoms with Gasteiger partial charge in [0.1, 0.15) is 0 Å². The molecule has 0 N–H and O–H groups in total. The van der Waals surface area contributed by atoms with E-state index in [1.807, 2.05) is 24.1 Å². The van der Waals surface area contributed by atoms with Crippen molar-refractivity contribution in [3.63, 3.8) is 0 Å². The second kappa shape index (κ2) is 17.8. The third-order valence-corrected chi connectivity index (χ3v) is 12.2. The topological polar surface area (TPSA) is 25.4 Å². The summed E-state index contributed by atoms with van der Waals surface area (Å²) in [6, 6.07) is 9.03. The molecule has 4 aliphatic rings. The van der Waals surface area contributed by atoms with E-state index in [1.165, 1.54) is 120 Å². The normalized spacial score (nSPS) is 24.9. The summed E-state index contributed by atoms with van der Waals surface area (Å²) in [5, 5.41) is 0. The van der Waals surface area contributed by atoms with Crippen molar-refractivity contribution < 1.29 is 4.74 Å². The van der Waals surface area contributed by atoms with Gasteiger partial charge in [-0.2, -0.15) is 0 Å². The van der Waals surface area contributed by atoms with Crippen LogP contribution in [0.4, 0.5) is 5.69 Å². The van der Waals surface area contributed by atoms with Crippen LogP contribution in [-0.4, -0.2) is 104 Å². The van der Waals surface area contributed by atoms with E-state index in [2.05, 4.69) is 67.7 Å². The second-order valence-electron chi connectivity index (χ2n) is 13.8. The van der Waals surface area contributed by atoms with E-state index in [9.17, 15) is 0 Å². The Kier molecular flexibility index (Phi) is 13.9. The van der Waals surface area contributed by atoms with Gasteiger partial charge in [0.2, 0.25) is 0 Å². The molecule has 0 amide bonds. The summed E-state index contributed by atoms with van der Waals surface area (Å²) in [5.41, 5.74) is 2.59. The van der Waals surface area contributed by atoms with Gasteiger partial charge < -0.3 is 14.5 Å². The number of anilines is 1. The molecular formula is C35H59N5OS2. The molecule has 0 radical (unpaired) electrons. The molecule has 1 aliphatic carbocycles. The van der Waals surface area contributed by atoms with Crippen LogP contribution in [0.25, 0.3) is 0 Å².